The van der Waals surface area contributed by atoms with E-state index in [1.807, 2.05) is 0 Å². The summed E-state index contributed by atoms with van der Waals surface area (Å²) in [4.78, 5) is 19.2. The normalized spacial score (nSPS) is 14.0. The summed E-state index contributed by atoms with van der Waals surface area (Å²) in [6, 6.07) is 9.58. The first-order valence-electron chi connectivity index (χ1n) is 11.2. The second kappa shape index (κ2) is 11.1. The summed E-state index contributed by atoms with van der Waals surface area (Å²) in [5.41, 5.74) is 12.2. The SMILES string of the molecule is Nc1ncc(-c2ccc(-c3cccnc3S(=O)(=O)C3CCNCC3)cc2F)cn1.Nc1ncccn1. The van der Waals surface area contributed by atoms with Crippen molar-refractivity contribution in [2.75, 3.05) is 24.6 Å². The van der Waals surface area contributed by atoms with Crippen molar-refractivity contribution in [3.05, 3.63) is 73.2 Å². The molecule has 0 spiro atoms. The largest absolute Gasteiger partial charge is 0.368 e. The Kier molecular flexibility index (Phi) is 7.76. The monoisotopic (exact) mass is 508 g/mol. The number of pyridine rings is 1. The zero-order chi connectivity index (χ0) is 25.5. The van der Waals surface area contributed by atoms with Gasteiger partial charge in [-0.25, -0.2) is 37.7 Å². The van der Waals surface area contributed by atoms with Crippen molar-refractivity contribution in [1.82, 2.24) is 30.2 Å². The van der Waals surface area contributed by atoms with Crippen molar-refractivity contribution in [1.29, 1.82) is 0 Å². The zero-order valence-electron chi connectivity index (χ0n) is 19.3. The third-order valence-electron chi connectivity index (χ3n) is 5.61. The second-order valence-corrected chi connectivity index (χ2v) is 10.1. The van der Waals surface area contributed by atoms with Crippen LogP contribution >= 0.6 is 0 Å². The van der Waals surface area contributed by atoms with E-state index in [-0.39, 0.29) is 11.0 Å². The van der Waals surface area contributed by atoms with E-state index in [4.69, 9.17) is 11.5 Å². The Morgan fingerprint density at radius 3 is 2.06 bits per heavy atom. The lowest BCUT2D eigenvalue weighted by atomic mass is 10.0. The molecule has 5 rings (SSSR count). The molecule has 0 atom stereocenters. The highest BCUT2D eigenvalue weighted by Crippen LogP contribution is 2.33. The summed E-state index contributed by atoms with van der Waals surface area (Å²) in [7, 11) is -3.63. The van der Waals surface area contributed by atoms with Crippen LogP contribution in [0, 0.1) is 5.82 Å². The summed E-state index contributed by atoms with van der Waals surface area (Å²) in [6.45, 7) is 1.30. The molecule has 1 fully saturated rings. The average Bonchev–Trinajstić information content (AvgIpc) is 2.91. The predicted molar refractivity (Wildman–Crippen MR) is 135 cm³/mol. The van der Waals surface area contributed by atoms with Gasteiger partial charge in [0.15, 0.2) is 14.9 Å². The number of anilines is 2. The Morgan fingerprint density at radius 2 is 1.44 bits per heavy atom. The lowest BCUT2D eigenvalue weighted by Crippen LogP contribution is -2.36. The highest BCUT2D eigenvalue weighted by molar-refractivity contribution is 7.92. The van der Waals surface area contributed by atoms with Crippen LogP contribution in [0.2, 0.25) is 0 Å². The Balaban J connectivity index is 0.000000375. The lowest BCUT2D eigenvalue weighted by Gasteiger charge is -2.23. The zero-order valence-corrected chi connectivity index (χ0v) is 20.1. The van der Waals surface area contributed by atoms with Crippen LogP contribution in [0.3, 0.4) is 0 Å². The van der Waals surface area contributed by atoms with Crippen LogP contribution in [0.15, 0.2) is 72.4 Å². The maximum atomic E-state index is 14.8. The van der Waals surface area contributed by atoms with Crippen molar-refractivity contribution in [3.8, 4) is 22.3 Å². The van der Waals surface area contributed by atoms with Gasteiger partial charge in [-0.05, 0) is 55.8 Å². The van der Waals surface area contributed by atoms with Gasteiger partial charge in [0, 0.05) is 47.7 Å². The van der Waals surface area contributed by atoms with Gasteiger partial charge >= 0.3 is 0 Å². The summed E-state index contributed by atoms with van der Waals surface area (Å²) in [5, 5.41) is 2.67. The molecule has 1 aromatic carbocycles. The summed E-state index contributed by atoms with van der Waals surface area (Å²) < 4.78 is 41.2. The van der Waals surface area contributed by atoms with Crippen molar-refractivity contribution in [2.45, 2.75) is 23.1 Å². The Bertz CT molecular complexity index is 1410. The number of piperidine rings is 1. The van der Waals surface area contributed by atoms with Crippen LogP contribution < -0.4 is 16.8 Å². The van der Waals surface area contributed by atoms with Crippen molar-refractivity contribution < 1.29 is 12.8 Å². The fourth-order valence-corrected chi connectivity index (χ4v) is 5.68. The maximum Gasteiger partial charge on any atom is 0.219 e. The molecule has 186 valence electrons. The summed E-state index contributed by atoms with van der Waals surface area (Å²) >= 11 is 0. The van der Waals surface area contributed by atoms with E-state index in [1.54, 1.807) is 42.7 Å². The van der Waals surface area contributed by atoms with Crippen LogP contribution in [0.5, 0.6) is 0 Å². The third kappa shape index (κ3) is 5.78. The molecule has 0 saturated carbocycles. The van der Waals surface area contributed by atoms with Crippen molar-refractivity contribution in [2.24, 2.45) is 0 Å². The molecule has 0 aliphatic carbocycles. The number of rotatable bonds is 4. The van der Waals surface area contributed by atoms with Crippen LogP contribution in [-0.4, -0.2) is 51.7 Å². The van der Waals surface area contributed by atoms with Gasteiger partial charge in [-0.3, -0.25) is 0 Å². The molecule has 4 heterocycles. The minimum absolute atomic E-state index is 0.00475. The molecule has 0 radical (unpaired) electrons. The predicted octanol–water partition coefficient (Wildman–Crippen LogP) is 2.51. The highest BCUT2D eigenvalue weighted by atomic mass is 32.2. The molecular formula is C24H25FN8O2S. The number of aromatic nitrogens is 5. The molecule has 10 nitrogen and oxygen atoms in total. The Morgan fingerprint density at radius 1 is 0.806 bits per heavy atom. The van der Waals surface area contributed by atoms with Crippen molar-refractivity contribution >= 4 is 21.7 Å². The minimum atomic E-state index is -3.63. The van der Waals surface area contributed by atoms with Gasteiger partial charge in [-0.1, -0.05) is 12.1 Å². The van der Waals surface area contributed by atoms with E-state index >= 15 is 0 Å². The first-order valence-corrected chi connectivity index (χ1v) is 12.7. The fourth-order valence-electron chi connectivity index (χ4n) is 3.81. The van der Waals surface area contributed by atoms with Crippen LogP contribution in [-0.2, 0) is 9.84 Å². The summed E-state index contributed by atoms with van der Waals surface area (Å²) in [5.74, 6) is -0.0821. The van der Waals surface area contributed by atoms with E-state index in [0.29, 0.717) is 54.1 Å². The lowest BCUT2D eigenvalue weighted by molar-refractivity contribution is 0.495. The molecule has 36 heavy (non-hydrogen) atoms. The fraction of sp³-hybridized carbons (Fsp3) is 0.208. The highest BCUT2D eigenvalue weighted by Gasteiger charge is 2.32. The number of nitrogens with two attached hydrogens (primary N) is 2. The van der Waals surface area contributed by atoms with Crippen LogP contribution in [0.1, 0.15) is 12.8 Å². The molecule has 12 heteroatoms. The number of nitrogens with one attached hydrogen (secondary N) is 1. The minimum Gasteiger partial charge on any atom is -0.368 e. The van der Waals surface area contributed by atoms with E-state index in [9.17, 15) is 12.8 Å². The first-order chi connectivity index (χ1) is 17.4. The van der Waals surface area contributed by atoms with Gasteiger partial charge in [-0.2, -0.15) is 0 Å². The summed E-state index contributed by atoms with van der Waals surface area (Å²) in [6.07, 6.45) is 8.60. The molecule has 5 N–H and O–H groups in total. The molecule has 1 aliphatic heterocycles. The molecule has 1 aliphatic rings. The molecule has 4 aromatic rings. The third-order valence-corrected chi connectivity index (χ3v) is 7.83. The molecule has 0 amide bonds. The molecule has 0 bridgehead atoms. The number of hydrogen-bond donors (Lipinski definition) is 3. The molecule has 3 aromatic heterocycles. The van der Waals surface area contributed by atoms with E-state index < -0.39 is 20.9 Å². The van der Waals surface area contributed by atoms with Gasteiger partial charge in [0.2, 0.25) is 11.9 Å². The average molecular weight is 509 g/mol. The van der Waals surface area contributed by atoms with E-state index in [2.05, 4.69) is 30.2 Å². The molecule has 0 unspecified atom stereocenters. The molecule has 1 saturated heterocycles. The van der Waals surface area contributed by atoms with Gasteiger partial charge in [0.05, 0.1) is 5.25 Å². The standard InChI is InChI=1S/C20H20FN5O2S.C4H5N3/c21-18-10-13(3-4-16(18)14-11-25-20(22)26-12-14)17-2-1-7-24-19(17)29(27,28)15-5-8-23-9-6-15;5-4-6-2-1-3-7-4/h1-4,7,10-12,15,23H,5-6,8-9H2,(H2,22,25,26);1-3H,(H2,5,6,7). The quantitative estimate of drug-likeness (QED) is 0.373. The van der Waals surface area contributed by atoms with E-state index in [1.165, 1.54) is 24.7 Å². The Labute approximate surface area is 208 Å². The molecular weight excluding hydrogens is 483 g/mol. The smallest absolute Gasteiger partial charge is 0.219 e. The number of benzene rings is 1. The van der Waals surface area contributed by atoms with Crippen LogP contribution in [0.4, 0.5) is 16.3 Å². The number of nitrogen functional groups attached to an aromatic ring is 2. The number of nitrogens with zero attached hydrogens (tertiary/aromatic N) is 5. The van der Waals surface area contributed by atoms with Gasteiger partial charge < -0.3 is 16.8 Å². The van der Waals surface area contributed by atoms with Crippen molar-refractivity contribution in [3.63, 3.8) is 0 Å². The first kappa shape index (κ1) is 25.1. The second-order valence-electron chi connectivity index (χ2n) is 7.98. The maximum absolute atomic E-state index is 14.8. The van der Waals surface area contributed by atoms with Gasteiger partial charge in [0.25, 0.3) is 0 Å². The Hall–Kier alpha value is -4.03. The van der Waals surface area contributed by atoms with Gasteiger partial charge in [-0.15, -0.1) is 0 Å². The number of hydrogen-bond acceptors (Lipinski definition) is 10. The topological polar surface area (TPSA) is 163 Å². The number of sulfone groups is 1. The van der Waals surface area contributed by atoms with E-state index in [0.717, 1.165) is 0 Å². The van der Waals surface area contributed by atoms with Crippen LogP contribution in [0.25, 0.3) is 22.3 Å². The van der Waals surface area contributed by atoms with Gasteiger partial charge in [0.1, 0.15) is 5.82 Å². The number of halogens is 1.